The van der Waals surface area contributed by atoms with Gasteiger partial charge in [-0.2, -0.15) is 0 Å². The number of anilines is 1. The first kappa shape index (κ1) is 14.6. The summed E-state index contributed by atoms with van der Waals surface area (Å²) in [5, 5.41) is 4.91. The van der Waals surface area contributed by atoms with Crippen LogP contribution in [0.15, 0.2) is 36.4 Å². The highest BCUT2D eigenvalue weighted by Gasteiger charge is 2.19. The summed E-state index contributed by atoms with van der Waals surface area (Å²) in [7, 11) is 1.70. The summed E-state index contributed by atoms with van der Waals surface area (Å²) in [5.41, 5.74) is 3.66. The molecule has 1 atom stereocenters. The van der Waals surface area contributed by atoms with Crippen molar-refractivity contribution in [2.45, 2.75) is 25.3 Å². The average molecular weight is 322 g/mol. The minimum Gasteiger partial charge on any atom is -0.497 e. The fourth-order valence-corrected chi connectivity index (χ4v) is 3.16. The Balaban J connectivity index is 1.78. The van der Waals surface area contributed by atoms with Crippen molar-refractivity contribution in [3.8, 4) is 5.75 Å². The van der Waals surface area contributed by atoms with Crippen LogP contribution in [0.2, 0.25) is 10.0 Å². The molecule has 2 aromatic carbocycles. The van der Waals surface area contributed by atoms with E-state index >= 15 is 0 Å². The van der Waals surface area contributed by atoms with Crippen molar-refractivity contribution in [1.29, 1.82) is 0 Å². The van der Waals surface area contributed by atoms with Crippen molar-refractivity contribution in [3.63, 3.8) is 0 Å². The third-order valence-corrected chi connectivity index (χ3v) is 4.49. The van der Waals surface area contributed by atoms with Gasteiger partial charge in [-0.05, 0) is 60.7 Å². The minimum atomic E-state index is 0.362. The zero-order valence-electron chi connectivity index (χ0n) is 11.8. The molecule has 0 fully saturated rings. The van der Waals surface area contributed by atoms with Gasteiger partial charge >= 0.3 is 0 Å². The number of benzene rings is 2. The topological polar surface area (TPSA) is 21.3 Å². The molecular weight excluding hydrogens is 305 g/mol. The van der Waals surface area contributed by atoms with E-state index in [0.717, 1.165) is 30.7 Å². The van der Waals surface area contributed by atoms with E-state index in [9.17, 15) is 0 Å². The van der Waals surface area contributed by atoms with Crippen molar-refractivity contribution < 1.29 is 4.74 Å². The van der Waals surface area contributed by atoms with Gasteiger partial charge < -0.3 is 10.1 Å². The molecule has 0 heterocycles. The van der Waals surface area contributed by atoms with Crippen molar-refractivity contribution in [1.82, 2.24) is 0 Å². The molecule has 0 amide bonds. The van der Waals surface area contributed by atoms with Gasteiger partial charge in [0, 0.05) is 11.1 Å². The van der Waals surface area contributed by atoms with Crippen molar-refractivity contribution in [3.05, 3.63) is 57.6 Å². The number of hydrogen-bond donors (Lipinski definition) is 1. The molecule has 1 unspecified atom stereocenters. The number of rotatable bonds is 3. The van der Waals surface area contributed by atoms with Gasteiger partial charge in [0.25, 0.3) is 0 Å². The summed E-state index contributed by atoms with van der Waals surface area (Å²) >= 11 is 12.3. The van der Waals surface area contributed by atoms with E-state index in [2.05, 4.69) is 17.4 Å². The minimum absolute atomic E-state index is 0.362. The molecule has 1 N–H and O–H groups in total. The first-order valence-electron chi connectivity index (χ1n) is 7.03. The Morgan fingerprint density at radius 1 is 1.10 bits per heavy atom. The maximum Gasteiger partial charge on any atom is 0.119 e. The van der Waals surface area contributed by atoms with Crippen LogP contribution >= 0.6 is 23.2 Å². The third kappa shape index (κ3) is 3.28. The Morgan fingerprint density at radius 2 is 1.95 bits per heavy atom. The van der Waals surface area contributed by atoms with E-state index < -0.39 is 0 Å². The zero-order chi connectivity index (χ0) is 14.8. The van der Waals surface area contributed by atoms with Gasteiger partial charge in [-0.25, -0.2) is 0 Å². The van der Waals surface area contributed by atoms with Crippen LogP contribution in [-0.4, -0.2) is 13.2 Å². The van der Waals surface area contributed by atoms with E-state index in [4.69, 9.17) is 27.9 Å². The Bertz CT molecular complexity index is 657. The zero-order valence-corrected chi connectivity index (χ0v) is 13.3. The van der Waals surface area contributed by atoms with Crippen molar-refractivity contribution in [2.24, 2.45) is 0 Å². The second-order valence-corrected chi connectivity index (χ2v) is 6.19. The van der Waals surface area contributed by atoms with Gasteiger partial charge in [0.05, 0.1) is 17.8 Å². The lowest BCUT2D eigenvalue weighted by molar-refractivity contribution is 0.413. The number of hydrogen-bond acceptors (Lipinski definition) is 2. The molecule has 2 nitrogen and oxygen atoms in total. The van der Waals surface area contributed by atoms with Crippen LogP contribution in [-0.2, 0) is 12.8 Å². The number of halogens is 2. The van der Waals surface area contributed by atoms with Crippen LogP contribution in [0.5, 0.6) is 5.75 Å². The number of nitrogens with one attached hydrogen (secondary N) is 1. The molecule has 0 saturated carbocycles. The molecule has 0 bridgehead atoms. The summed E-state index contributed by atoms with van der Waals surface area (Å²) in [6.07, 6.45) is 3.12. The second kappa shape index (κ2) is 6.17. The van der Waals surface area contributed by atoms with E-state index in [0.29, 0.717) is 16.1 Å². The first-order valence-corrected chi connectivity index (χ1v) is 7.78. The van der Waals surface area contributed by atoms with Crippen LogP contribution in [0.25, 0.3) is 0 Å². The van der Waals surface area contributed by atoms with Gasteiger partial charge in [0.15, 0.2) is 0 Å². The SMILES string of the molecule is COc1ccc2c(c1)CC(Nc1cc(Cl)ccc1Cl)CC2. The van der Waals surface area contributed by atoms with Crippen molar-refractivity contribution >= 4 is 28.9 Å². The Morgan fingerprint density at radius 3 is 2.76 bits per heavy atom. The van der Waals surface area contributed by atoms with Crippen molar-refractivity contribution in [2.75, 3.05) is 12.4 Å². The normalized spacial score (nSPS) is 17.2. The van der Waals surface area contributed by atoms with Gasteiger partial charge in [-0.15, -0.1) is 0 Å². The summed E-state index contributed by atoms with van der Waals surface area (Å²) in [4.78, 5) is 0. The average Bonchev–Trinajstić information content (AvgIpc) is 2.50. The highest BCUT2D eigenvalue weighted by atomic mass is 35.5. The molecule has 0 radical (unpaired) electrons. The summed E-state index contributed by atoms with van der Waals surface area (Å²) < 4.78 is 5.31. The number of aryl methyl sites for hydroxylation is 1. The molecule has 21 heavy (non-hydrogen) atoms. The third-order valence-electron chi connectivity index (χ3n) is 3.93. The molecule has 2 aromatic rings. The summed E-state index contributed by atoms with van der Waals surface area (Å²) in [6.45, 7) is 0. The number of fused-ring (bicyclic) bond motifs is 1. The standard InChI is InChI=1S/C17H17Cl2NO/c1-21-15-6-3-11-2-5-14(8-12(11)9-15)20-17-10-13(18)4-7-16(17)19/h3-4,6-7,9-10,14,20H,2,5,8H2,1H3. The largest absolute Gasteiger partial charge is 0.497 e. The second-order valence-electron chi connectivity index (χ2n) is 5.34. The lowest BCUT2D eigenvalue weighted by atomic mass is 9.88. The predicted molar refractivity (Wildman–Crippen MR) is 88.9 cm³/mol. The maximum absolute atomic E-state index is 6.22. The van der Waals surface area contributed by atoms with Gasteiger partial charge in [-0.3, -0.25) is 0 Å². The van der Waals surface area contributed by atoms with E-state index in [1.165, 1.54) is 11.1 Å². The molecule has 0 saturated heterocycles. The number of ether oxygens (including phenoxy) is 1. The van der Waals surface area contributed by atoms with Crippen LogP contribution < -0.4 is 10.1 Å². The molecule has 1 aliphatic rings. The van der Waals surface area contributed by atoms with Gasteiger partial charge in [0.1, 0.15) is 5.75 Å². The Labute approximate surface area is 135 Å². The summed E-state index contributed by atoms with van der Waals surface area (Å²) in [5.74, 6) is 0.912. The maximum atomic E-state index is 6.22. The quantitative estimate of drug-likeness (QED) is 0.861. The molecule has 4 heteroatoms. The highest BCUT2D eigenvalue weighted by molar-refractivity contribution is 6.35. The lowest BCUT2D eigenvalue weighted by Gasteiger charge is -2.27. The van der Waals surface area contributed by atoms with Crippen LogP contribution in [0.4, 0.5) is 5.69 Å². The molecule has 0 aliphatic heterocycles. The fraction of sp³-hybridized carbons (Fsp3) is 0.294. The van der Waals surface area contributed by atoms with Crippen LogP contribution in [0.3, 0.4) is 0 Å². The molecule has 0 aromatic heterocycles. The van der Waals surface area contributed by atoms with E-state index in [-0.39, 0.29) is 0 Å². The monoisotopic (exact) mass is 321 g/mol. The van der Waals surface area contributed by atoms with E-state index in [1.54, 1.807) is 13.2 Å². The Hall–Kier alpha value is -1.38. The lowest BCUT2D eigenvalue weighted by Crippen LogP contribution is -2.27. The Kier molecular flexibility index (Phi) is 4.27. The number of methoxy groups -OCH3 is 1. The molecule has 0 spiro atoms. The molecule has 3 rings (SSSR count). The molecule has 110 valence electrons. The van der Waals surface area contributed by atoms with Gasteiger partial charge in [-0.1, -0.05) is 29.3 Å². The predicted octanol–water partition coefficient (Wildman–Crippen LogP) is 4.97. The molecular formula is C17H17Cl2NO. The van der Waals surface area contributed by atoms with Gasteiger partial charge in [0.2, 0.25) is 0 Å². The first-order chi connectivity index (χ1) is 10.2. The van der Waals surface area contributed by atoms with E-state index in [1.807, 2.05) is 18.2 Å². The smallest absolute Gasteiger partial charge is 0.119 e. The fourth-order valence-electron chi connectivity index (χ4n) is 2.81. The summed E-state index contributed by atoms with van der Waals surface area (Å²) in [6, 6.07) is 12.2. The molecule has 1 aliphatic carbocycles. The van der Waals surface area contributed by atoms with Crippen LogP contribution in [0, 0.1) is 0 Å². The van der Waals surface area contributed by atoms with Crippen LogP contribution in [0.1, 0.15) is 17.5 Å². The highest BCUT2D eigenvalue weighted by Crippen LogP contribution is 2.30.